The summed E-state index contributed by atoms with van der Waals surface area (Å²) in [6.07, 6.45) is 0. The van der Waals surface area contributed by atoms with Gasteiger partial charge in [-0.1, -0.05) is 54.6 Å². The summed E-state index contributed by atoms with van der Waals surface area (Å²) in [6.45, 7) is -0.522. The third-order valence-corrected chi connectivity index (χ3v) is 7.38. The van der Waals surface area contributed by atoms with Gasteiger partial charge < -0.3 is 14.8 Å². The van der Waals surface area contributed by atoms with E-state index >= 15 is 0 Å². The van der Waals surface area contributed by atoms with Gasteiger partial charge in [0.1, 0.15) is 17.4 Å². The molecule has 3 aromatic rings. The quantitative estimate of drug-likeness (QED) is 0.522. The normalized spacial score (nSPS) is 12.9. The first-order valence-corrected chi connectivity index (χ1v) is 12.0. The summed E-state index contributed by atoms with van der Waals surface area (Å²) in [6, 6.07) is 20.8. The number of nitrogens with one attached hydrogen (secondary N) is 1. The van der Waals surface area contributed by atoms with Crippen molar-refractivity contribution < 1.29 is 27.5 Å². The second kappa shape index (κ2) is 9.66. The topological polar surface area (TPSA) is 102 Å². The number of carbonyl (C=O) groups is 2. The number of sulfonamides is 1. The van der Waals surface area contributed by atoms with Crippen molar-refractivity contribution in [1.82, 2.24) is 9.62 Å². The lowest BCUT2D eigenvalue weighted by molar-refractivity contribution is -0.149. The molecular formula is C25H24N2O6S. The van der Waals surface area contributed by atoms with E-state index in [0.717, 1.165) is 4.31 Å². The number of carbonyl (C=O) groups excluding carboxylic acids is 2. The van der Waals surface area contributed by atoms with Gasteiger partial charge in [-0.3, -0.25) is 9.59 Å². The molecule has 0 aromatic heterocycles. The zero-order valence-electron chi connectivity index (χ0n) is 18.7. The highest BCUT2D eigenvalue weighted by Gasteiger charge is 2.33. The van der Waals surface area contributed by atoms with Crippen molar-refractivity contribution >= 4 is 21.9 Å². The molecular weight excluding hydrogens is 456 g/mol. The van der Waals surface area contributed by atoms with Gasteiger partial charge in [0.15, 0.2) is 6.61 Å². The third kappa shape index (κ3) is 4.66. The minimum Gasteiger partial charge on any atom is -0.457 e. The van der Waals surface area contributed by atoms with E-state index in [9.17, 15) is 18.0 Å². The lowest BCUT2D eigenvalue weighted by Gasteiger charge is -2.26. The Bertz CT molecular complexity index is 1290. The van der Waals surface area contributed by atoms with Crippen LogP contribution in [0.2, 0.25) is 0 Å². The molecule has 0 bridgehead atoms. The fourth-order valence-electron chi connectivity index (χ4n) is 3.73. The number of fused-ring (bicyclic) bond motifs is 2. The van der Waals surface area contributed by atoms with E-state index in [1.807, 2.05) is 24.3 Å². The minimum absolute atomic E-state index is 0.0252. The maximum Gasteiger partial charge on any atom is 0.318 e. The van der Waals surface area contributed by atoms with E-state index in [4.69, 9.17) is 9.47 Å². The third-order valence-electron chi connectivity index (χ3n) is 5.47. The summed E-state index contributed by atoms with van der Waals surface area (Å²) in [4.78, 5) is 25.5. The van der Waals surface area contributed by atoms with E-state index in [1.165, 1.54) is 20.2 Å². The summed E-state index contributed by atoms with van der Waals surface area (Å²) in [5, 5.41) is 2.62. The van der Waals surface area contributed by atoms with Crippen LogP contribution in [0.4, 0.5) is 0 Å². The van der Waals surface area contributed by atoms with Crippen LogP contribution in [-0.2, 0) is 30.9 Å². The van der Waals surface area contributed by atoms with Crippen LogP contribution in [0.25, 0.3) is 0 Å². The van der Waals surface area contributed by atoms with E-state index < -0.39 is 34.4 Å². The molecule has 1 aliphatic rings. The Hall–Kier alpha value is -3.69. The lowest BCUT2D eigenvalue weighted by Crippen LogP contribution is -2.31. The number of para-hydroxylation sites is 2. The van der Waals surface area contributed by atoms with Crippen LogP contribution >= 0.6 is 0 Å². The smallest absolute Gasteiger partial charge is 0.318 e. The van der Waals surface area contributed by atoms with Gasteiger partial charge in [0, 0.05) is 31.8 Å². The lowest BCUT2D eigenvalue weighted by atomic mass is 9.88. The van der Waals surface area contributed by atoms with Gasteiger partial charge in [-0.15, -0.1) is 0 Å². The number of esters is 1. The molecule has 34 heavy (non-hydrogen) atoms. The van der Waals surface area contributed by atoms with Gasteiger partial charge in [0.05, 0.1) is 4.90 Å². The molecule has 9 heteroatoms. The number of hydrogen-bond donors (Lipinski definition) is 1. The van der Waals surface area contributed by atoms with Gasteiger partial charge in [0.2, 0.25) is 10.0 Å². The summed E-state index contributed by atoms with van der Waals surface area (Å²) in [5.41, 5.74) is 1.76. The Morgan fingerprint density at radius 1 is 0.912 bits per heavy atom. The van der Waals surface area contributed by atoms with Crippen LogP contribution in [0.1, 0.15) is 22.6 Å². The first kappa shape index (κ1) is 23.5. The fourth-order valence-corrected chi connectivity index (χ4v) is 4.84. The Morgan fingerprint density at radius 2 is 1.47 bits per heavy atom. The zero-order chi connectivity index (χ0) is 24.3. The fraction of sp³-hybridized carbons (Fsp3) is 0.200. The Morgan fingerprint density at radius 3 is 2.09 bits per heavy atom. The van der Waals surface area contributed by atoms with Crippen molar-refractivity contribution in [2.75, 3.05) is 20.7 Å². The van der Waals surface area contributed by atoms with Gasteiger partial charge in [0.25, 0.3) is 5.91 Å². The first-order chi connectivity index (χ1) is 16.3. The molecule has 0 radical (unpaired) electrons. The standard InChI is InChI=1S/C25H24N2O6S/c1-27(2)34(30,31)22-14-8-3-9-17(22)15-26-23(28)16-32-25(29)24-18-10-4-6-12-20(18)33-21-13-7-5-11-19(21)24/h3-14,24H,15-16H2,1-2H3,(H,26,28). The Labute approximate surface area is 198 Å². The molecule has 3 aromatic carbocycles. The molecule has 0 spiro atoms. The minimum atomic E-state index is -3.67. The van der Waals surface area contributed by atoms with Crippen molar-refractivity contribution in [3.8, 4) is 11.5 Å². The number of amides is 1. The molecule has 1 aliphatic heterocycles. The van der Waals surface area contributed by atoms with Crippen LogP contribution in [0.3, 0.4) is 0 Å². The molecule has 176 valence electrons. The second-order valence-electron chi connectivity index (χ2n) is 7.89. The van der Waals surface area contributed by atoms with Crippen LogP contribution in [0.5, 0.6) is 11.5 Å². The number of ether oxygens (including phenoxy) is 2. The average molecular weight is 481 g/mol. The number of hydrogen-bond acceptors (Lipinski definition) is 6. The van der Waals surface area contributed by atoms with E-state index in [0.29, 0.717) is 28.2 Å². The maximum atomic E-state index is 13.0. The largest absolute Gasteiger partial charge is 0.457 e. The molecule has 0 atom stereocenters. The van der Waals surface area contributed by atoms with Crippen LogP contribution in [0, 0.1) is 0 Å². The van der Waals surface area contributed by atoms with E-state index in [2.05, 4.69) is 5.32 Å². The van der Waals surface area contributed by atoms with Crippen molar-refractivity contribution in [2.45, 2.75) is 17.4 Å². The van der Waals surface area contributed by atoms with Crippen LogP contribution < -0.4 is 10.1 Å². The maximum absolute atomic E-state index is 13.0. The van der Waals surface area contributed by atoms with Crippen molar-refractivity contribution in [1.29, 1.82) is 0 Å². The highest BCUT2D eigenvalue weighted by atomic mass is 32.2. The summed E-state index contributed by atoms with van der Waals surface area (Å²) < 4.78 is 37.4. The predicted octanol–water partition coefficient (Wildman–Crippen LogP) is 3.03. The molecule has 1 N–H and O–H groups in total. The highest BCUT2D eigenvalue weighted by molar-refractivity contribution is 7.89. The predicted molar refractivity (Wildman–Crippen MR) is 125 cm³/mol. The van der Waals surface area contributed by atoms with Gasteiger partial charge in [-0.05, 0) is 23.8 Å². The molecule has 0 saturated carbocycles. The molecule has 0 aliphatic carbocycles. The highest BCUT2D eigenvalue weighted by Crippen LogP contribution is 2.44. The molecule has 1 heterocycles. The molecule has 4 rings (SSSR count). The molecule has 0 fully saturated rings. The summed E-state index contributed by atoms with van der Waals surface area (Å²) >= 11 is 0. The van der Waals surface area contributed by atoms with Crippen molar-refractivity contribution in [3.05, 3.63) is 89.5 Å². The van der Waals surface area contributed by atoms with Crippen molar-refractivity contribution in [2.24, 2.45) is 0 Å². The van der Waals surface area contributed by atoms with Crippen molar-refractivity contribution in [3.63, 3.8) is 0 Å². The zero-order valence-corrected chi connectivity index (χ0v) is 19.5. The monoisotopic (exact) mass is 480 g/mol. The van der Waals surface area contributed by atoms with Gasteiger partial charge >= 0.3 is 5.97 Å². The average Bonchev–Trinajstić information content (AvgIpc) is 2.84. The summed E-state index contributed by atoms with van der Waals surface area (Å²) in [5.74, 6) is -0.717. The Balaban J connectivity index is 1.43. The van der Waals surface area contributed by atoms with E-state index in [-0.39, 0.29) is 11.4 Å². The van der Waals surface area contributed by atoms with E-state index in [1.54, 1.807) is 42.5 Å². The molecule has 8 nitrogen and oxygen atoms in total. The SMILES string of the molecule is CN(C)S(=O)(=O)c1ccccc1CNC(=O)COC(=O)C1c2ccccc2Oc2ccccc21. The molecule has 0 unspecified atom stereocenters. The van der Waals surface area contributed by atoms with Crippen LogP contribution in [0.15, 0.2) is 77.7 Å². The van der Waals surface area contributed by atoms with Crippen LogP contribution in [-0.4, -0.2) is 45.3 Å². The Kier molecular flexibility index (Phi) is 6.67. The van der Waals surface area contributed by atoms with Gasteiger partial charge in [-0.25, -0.2) is 12.7 Å². The molecule has 1 amide bonds. The van der Waals surface area contributed by atoms with Gasteiger partial charge in [-0.2, -0.15) is 0 Å². The number of rotatable bonds is 7. The first-order valence-electron chi connectivity index (χ1n) is 10.6. The number of nitrogens with zero attached hydrogens (tertiary/aromatic N) is 1. The molecule has 0 saturated heterocycles. The summed E-state index contributed by atoms with van der Waals surface area (Å²) in [7, 11) is -0.785. The second-order valence-corrected chi connectivity index (χ2v) is 10.0. The number of benzene rings is 3.